The van der Waals surface area contributed by atoms with Crippen molar-refractivity contribution in [1.29, 1.82) is 0 Å². The van der Waals surface area contributed by atoms with Crippen molar-refractivity contribution in [1.82, 2.24) is 33.7 Å². The van der Waals surface area contributed by atoms with Crippen LogP contribution in [-0.4, -0.2) is 68.3 Å². The Morgan fingerprint density at radius 1 is 1.19 bits per heavy atom. The molecule has 0 radical (unpaired) electrons. The minimum Gasteiger partial charge on any atom is -0.352 e. The van der Waals surface area contributed by atoms with Gasteiger partial charge in [-0.2, -0.15) is 8.82 Å². The van der Waals surface area contributed by atoms with Crippen LogP contribution in [0.3, 0.4) is 0 Å². The van der Waals surface area contributed by atoms with E-state index >= 15 is 0 Å². The summed E-state index contributed by atoms with van der Waals surface area (Å²) in [5, 5.41) is 13.1. The number of sulfonamides is 1. The molecule has 5 rings (SSSR count). The SMILES string of the molecule is CN(C1CN(c2ccc3nnc(C4CC4)n3n2)C1)S(=O)(=O)c1nccn1C. The van der Waals surface area contributed by atoms with Crippen molar-refractivity contribution in [2.75, 3.05) is 25.0 Å². The van der Waals surface area contributed by atoms with Gasteiger partial charge in [-0.1, -0.05) is 0 Å². The normalized spacial score (nSPS) is 18.4. The smallest absolute Gasteiger partial charge is 0.277 e. The van der Waals surface area contributed by atoms with E-state index in [0.29, 0.717) is 19.0 Å². The van der Waals surface area contributed by atoms with E-state index in [1.807, 2.05) is 16.6 Å². The second-order valence-corrected chi connectivity index (χ2v) is 9.09. The molecule has 1 aliphatic carbocycles. The number of likely N-dealkylation sites (N-methyl/N-ethyl adjacent to an activating group) is 1. The van der Waals surface area contributed by atoms with Crippen molar-refractivity contribution in [2.45, 2.75) is 30.0 Å². The molecule has 1 aliphatic heterocycles. The number of aromatic nitrogens is 6. The van der Waals surface area contributed by atoms with Gasteiger partial charge in [0.05, 0.1) is 6.04 Å². The van der Waals surface area contributed by atoms with Crippen molar-refractivity contribution in [3.05, 3.63) is 30.4 Å². The van der Waals surface area contributed by atoms with E-state index in [-0.39, 0.29) is 11.2 Å². The summed E-state index contributed by atoms with van der Waals surface area (Å²) < 4.78 is 30.2. The van der Waals surface area contributed by atoms with Gasteiger partial charge < -0.3 is 9.47 Å². The highest BCUT2D eigenvalue weighted by atomic mass is 32.2. The quantitative estimate of drug-likeness (QED) is 0.617. The van der Waals surface area contributed by atoms with Gasteiger partial charge in [0, 0.05) is 45.5 Å². The fourth-order valence-corrected chi connectivity index (χ4v) is 4.76. The largest absolute Gasteiger partial charge is 0.352 e. The molecule has 2 fully saturated rings. The van der Waals surface area contributed by atoms with Gasteiger partial charge in [0.2, 0.25) is 5.16 Å². The molecule has 2 aliphatic rings. The number of nitrogens with zero attached hydrogens (tertiary/aromatic N) is 8. The summed E-state index contributed by atoms with van der Waals surface area (Å²) in [6.07, 6.45) is 5.38. The second kappa shape index (κ2) is 5.73. The summed E-state index contributed by atoms with van der Waals surface area (Å²) >= 11 is 0. The summed E-state index contributed by atoms with van der Waals surface area (Å²) in [6, 6.07) is 3.69. The third-order valence-corrected chi connectivity index (χ3v) is 7.21. The first kappa shape index (κ1) is 16.6. The topological polar surface area (TPSA) is 102 Å². The maximum absolute atomic E-state index is 12.7. The fraction of sp³-hybridized carbons (Fsp3) is 0.500. The Bertz CT molecular complexity index is 1110. The molecule has 3 aromatic rings. The van der Waals surface area contributed by atoms with Crippen LogP contribution in [0.2, 0.25) is 0 Å². The number of hydrogen-bond donors (Lipinski definition) is 0. The zero-order valence-electron chi connectivity index (χ0n) is 15.1. The fourth-order valence-electron chi connectivity index (χ4n) is 3.36. The van der Waals surface area contributed by atoms with Gasteiger partial charge in [0.1, 0.15) is 5.82 Å². The van der Waals surface area contributed by atoms with Crippen molar-refractivity contribution in [3.8, 4) is 0 Å². The van der Waals surface area contributed by atoms with Gasteiger partial charge in [-0.25, -0.2) is 13.4 Å². The molecule has 0 amide bonds. The van der Waals surface area contributed by atoms with Crippen LogP contribution in [0.4, 0.5) is 5.82 Å². The molecule has 142 valence electrons. The van der Waals surface area contributed by atoms with Crippen LogP contribution in [-0.2, 0) is 17.1 Å². The summed E-state index contributed by atoms with van der Waals surface area (Å²) in [6.45, 7) is 1.17. The zero-order chi connectivity index (χ0) is 18.8. The van der Waals surface area contributed by atoms with Crippen LogP contribution in [0.25, 0.3) is 5.65 Å². The lowest BCUT2D eigenvalue weighted by atomic mass is 10.1. The summed E-state index contributed by atoms with van der Waals surface area (Å²) in [4.78, 5) is 6.04. The van der Waals surface area contributed by atoms with Crippen molar-refractivity contribution < 1.29 is 8.42 Å². The Kier molecular flexibility index (Phi) is 3.53. The lowest BCUT2D eigenvalue weighted by Crippen LogP contribution is -2.60. The summed E-state index contributed by atoms with van der Waals surface area (Å²) in [5.41, 5.74) is 0.743. The molecule has 0 unspecified atom stereocenters. The van der Waals surface area contributed by atoms with Gasteiger partial charge in [0.25, 0.3) is 10.0 Å². The number of aryl methyl sites for hydroxylation is 1. The minimum atomic E-state index is -3.61. The third kappa shape index (κ3) is 2.60. The van der Waals surface area contributed by atoms with Gasteiger partial charge in [-0.15, -0.1) is 15.3 Å². The van der Waals surface area contributed by atoms with Gasteiger partial charge >= 0.3 is 0 Å². The van der Waals surface area contributed by atoms with E-state index in [1.165, 1.54) is 15.1 Å². The first-order valence-corrected chi connectivity index (χ1v) is 10.3. The molecule has 4 heterocycles. The lowest BCUT2D eigenvalue weighted by molar-refractivity contribution is 0.306. The van der Waals surface area contributed by atoms with Gasteiger partial charge in [-0.05, 0) is 25.0 Å². The molecule has 0 bridgehead atoms. The van der Waals surface area contributed by atoms with Crippen LogP contribution in [0.1, 0.15) is 24.6 Å². The molecule has 10 nitrogen and oxygen atoms in total. The van der Waals surface area contributed by atoms with E-state index < -0.39 is 10.0 Å². The maximum atomic E-state index is 12.7. The highest BCUT2D eigenvalue weighted by Gasteiger charge is 2.39. The third-order valence-electron chi connectivity index (χ3n) is 5.30. The number of imidazole rings is 1. The standard InChI is InChI=1S/C16H20N8O2S/c1-21-8-7-17-16(21)27(25,26)22(2)12-9-23(10-12)14-6-5-13-18-19-15(11-3-4-11)24(13)20-14/h5-8,11-12H,3-4,9-10H2,1-2H3. The highest BCUT2D eigenvalue weighted by Crippen LogP contribution is 2.39. The lowest BCUT2D eigenvalue weighted by Gasteiger charge is -2.43. The first-order valence-electron chi connectivity index (χ1n) is 8.88. The molecule has 0 N–H and O–H groups in total. The zero-order valence-corrected chi connectivity index (χ0v) is 15.9. The second-order valence-electron chi connectivity index (χ2n) is 7.19. The highest BCUT2D eigenvalue weighted by molar-refractivity contribution is 7.89. The average molecular weight is 388 g/mol. The summed E-state index contributed by atoms with van der Waals surface area (Å²) in [7, 11) is -0.333. The molecule has 0 atom stereocenters. The molecule has 1 saturated carbocycles. The van der Waals surface area contributed by atoms with Gasteiger partial charge in [0.15, 0.2) is 11.5 Å². The van der Waals surface area contributed by atoms with Crippen molar-refractivity contribution >= 4 is 21.5 Å². The summed E-state index contributed by atoms with van der Waals surface area (Å²) in [5.74, 6) is 2.18. The molecular formula is C16H20N8O2S. The molecule has 0 spiro atoms. The molecular weight excluding hydrogens is 368 g/mol. The Labute approximate surface area is 156 Å². The first-order chi connectivity index (χ1) is 12.9. The monoisotopic (exact) mass is 388 g/mol. The molecule has 11 heteroatoms. The number of rotatable bonds is 5. The van der Waals surface area contributed by atoms with E-state index in [2.05, 4.69) is 25.2 Å². The predicted molar refractivity (Wildman–Crippen MR) is 96.9 cm³/mol. The van der Waals surface area contributed by atoms with E-state index in [1.54, 1.807) is 20.3 Å². The minimum absolute atomic E-state index is 0.0570. The Hall–Kier alpha value is -2.53. The predicted octanol–water partition coefficient (Wildman–Crippen LogP) is 0.244. The Balaban J connectivity index is 1.34. The van der Waals surface area contributed by atoms with E-state index in [4.69, 9.17) is 0 Å². The van der Waals surface area contributed by atoms with Crippen molar-refractivity contribution in [2.24, 2.45) is 7.05 Å². The Morgan fingerprint density at radius 3 is 2.63 bits per heavy atom. The molecule has 0 aromatic carbocycles. The molecule has 1 saturated heterocycles. The van der Waals surface area contributed by atoms with Crippen LogP contribution >= 0.6 is 0 Å². The molecule has 3 aromatic heterocycles. The van der Waals surface area contributed by atoms with E-state index in [9.17, 15) is 8.42 Å². The number of fused-ring (bicyclic) bond motifs is 1. The number of hydrogen-bond acceptors (Lipinski definition) is 7. The molecule has 27 heavy (non-hydrogen) atoms. The maximum Gasteiger partial charge on any atom is 0.277 e. The average Bonchev–Trinajstić information content (AvgIpc) is 3.20. The van der Waals surface area contributed by atoms with E-state index in [0.717, 1.165) is 30.1 Å². The van der Waals surface area contributed by atoms with Crippen LogP contribution in [0.15, 0.2) is 29.7 Å². The number of anilines is 1. The van der Waals surface area contributed by atoms with Crippen LogP contribution in [0, 0.1) is 0 Å². The Morgan fingerprint density at radius 2 is 1.96 bits per heavy atom. The van der Waals surface area contributed by atoms with Crippen LogP contribution < -0.4 is 4.90 Å². The van der Waals surface area contributed by atoms with Crippen LogP contribution in [0.5, 0.6) is 0 Å². The van der Waals surface area contributed by atoms with Crippen molar-refractivity contribution in [3.63, 3.8) is 0 Å². The van der Waals surface area contributed by atoms with Gasteiger partial charge in [-0.3, -0.25) is 0 Å².